The second-order valence-electron chi connectivity index (χ2n) is 6.19. The van der Waals surface area contributed by atoms with E-state index in [4.69, 9.17) is 0 Å². The van der Waals surface area contributed by atoms with Gasteiger partial charge in [0.2, 0.25) is 0 Å². The largest absolute Gasteiger partial charge is 0.378 e. The lowest BCUT2D eigenvalue weighted by atomic mass is 10.1. The number of nitro benzene ring substituents is 1. The molecule has 0 atom stereocenters. The fraction of sp³-hybridized carbons (Fsp3) is 0.0952. The van der Waals surface area contributed by atoms with Crippen LogP contribution in [-0.4, -0.2) is 23.6 Å². The SMILES string of the molecule is CN(C)c1ccc(-n2cccc2/C=C(/C#N)c2ccc([N+](=O)[O-])cc2)cc1. The molecule has 0 amide bonds. The molecule has 0 radical (unpaired) electrons. The molecular formula is C21H18N4O2. The van der Waals surface area contributed by atoms with Crippen LogP contribution in [0.15, 0.2) is 66.9 Å². The Labute approximate surface area is 157 Å². The Balaban J connectivity index is 1.96. The third-order valence-electron chi connectivity index (χ3n) is 4.23. The van der Waals surface area contributed by atoms with Crippen LogP contribution in [0.5, 0.6) is 0 Å². The molecule has 0 saturated heterocycles. The summed E-state index contributed by atoms with van der Waals surface area (Å²) in [5.41, 5.74) is 4.01. The van der Waals surface area contributed by atoms with Gasteiger partial charge in [-0.25, -0.2) is 0 Å². The molecule has 0 N–H and O–H groups in total. The number of non-ortho nitro benzene ring substituents is 1. The molecule has 6 nitrogen and oxygen atoms in total. The van der Waals surface area contributed by atoms with E-state index in [2.05, 4.69) is 6.07 Å². The number of nitriles is 1. The predicted molar refractivity (Wildman–Crippen MR) is 107 cm³/mol. The smallest absolute Gasteiger partial charge is 0.269 e. The van der Waals surface area contributed by atoms with Crippen molar-refractivity contribution in [3.8, 4) is 11.8 Å². The number of allylic oxidation sites excluding steroid dienone is 1. The average molecular weight is 358 g/mol. The first-order valence-corrected chi connectivity index (χ1v) is 8.31. The highest BCUT2D eigenvalue weighted by atomic mass is 16.6. The van der Waals surface area contributed by atoms with Gasteiger partial charge >= 0.3 is 0 Å². The average Bonchev–Trinajstić information content (AvgIpc) is 3.14. The minimum Gasteiger partial charge on any atom is -0.378 e. The topological polar surface area (TPSA) is 75.1 Å². The van der Waals surface area contributed by atoms with E-state index in [1.807, 2.05) is 66.2 Å². The van der Waals surface area contributed by atoms with E-state index in [0.29, 0.717) is 11.1 Å². The molecule has 6 heteroatoms. The predicted octanol–water partition coefficient (Wildman–Crippen LogP) is 4.52. The van der Waals surface area contributed by atoms with Crippen LogP contribution in [0.25, 0.3) is 17.3 Å². The van der Waals surface area contributed by atoms with Crippen LogP contribution >= 0.6 is 0 Å². The quantitative estimate of drug-likeness (QED) is 0.382. The molecule has 2 aromatic carbocycles. The van der Waals surface area contributed by atoms with E-state index >= 15 is 0 Å². The summed E-state index contributed by atoms with van der Waals surface area (Å²) in [6, 6.07) is 20.1. The molecule has 0 aliphatic carbocycles. The zero-order chi connectivity index (χ0) is 19.4. The summed E-state index contributed by atoms with van der Waals surface area (Å²) in [4.78, 5) is 12.4. The Morgan fingerprint density at radius 1 is 1.11 bits per heavy atom. The highest BCUT2D eigenvalue weighted by molar-refractivity contribution is 5.89. The molecule has 1 aromatic heterocycles. The second kappa shape index (κ2) is 7.58. The summed E-state index contributed by atoms with van der Waals surface area (Å²) in [5, 5.41) is 20.3. The van der Waals surface area contributed by atoms with E-state index in [1.54, 1.807) is 18.2 Å². The Bertz CT molecular complexity index is 1020. The molecule has 0 spiro atoms. The van der Waals surface area contributed by atoms with Gasteiger partial charge in [0.05, 0.1) is 16.6 Å². The van der Waals surface area contributed by atoms with E-state index in [0.717, 1.165) is 17.1 Å². The number of hydrogen-bond donors (Lipinski definition) is 0. The van der Waals surface area contributed by atoms with Crippen LogP contribution in [-0.2, 0) is 0 Å². The highest BCUT2D eigenvalue weighted by Crippen LogP contribution is 2.23. The zero-order valence-corrected chi connectivity index (χ0v) is 15.0. The maximum absolute atomic E-state index is 10.8. The van der Waals surface area contributed by atoms with E-state index in [1.165, 1.54) is 12.1 Å². The van der Waals surface area contributed by atoms with E-state index < -0.39 is 4.92 Å². The third-order valence-corrected chi connectivity index (χ3v) is 4.23. The van der Waals surface area contributed by atoms with E-state index in [-0.39, 0.29) is 5.69 Å². The van der Waals surface area contributed by atoms with Gasteiger partial charge in [-0.3, -0.25) is 10.1 Å². The lowest BCUT2D eigenvalue weighted by Gasteiger charge is -2.14. The van der Waals surface area contributed by atoms with Gasteiger partial charge in [-0.05, 0) is 60.2 Å². The van der Waals surface area contributed by atoms with Gasteiger partial charge in [-0.2, -0.15) is 5.26 Å². The van der Waals surface area contributed by atoms with Crippen LogP contribution in [0.2, 0.25) is 0 Å². The zero-order valence-electron chi connectivity index (χ0n) is 15.0. The van der Waals surface area contributed by atoms with Gasteiger partial charge in [0, 0.05) is 49.5 Å². The van der Waals surface area contributed by atoms with Crippen LogP contribution < -0.4 is 4.90 Å². The molecule has 0 aliphatic heterocycles. The molecule has 0 aliphatic rings. The number of nitrogens with zero attached hydrogens (tertiary/aromatic N) is 4. The molecular weight excluding hydrogens is 340 g/mol. The maximum Gasteiger partial charge on any atom is 0.269 e. The molecule has 134 valence electrons. The number of aromatic nitrogens is 1. The summed E-state index contributed by atoms with van der Waals surface area (Å²) in [6.45, 7) is 0. The maximum atomic E-state index is 10.8. The van der Waals surface area contributed by atoms with Crippen molar-refractivity contribution < 1.29 is 4.92 Å². The number of benzene rings is 2. The Morgan fingerprint density at radius 3 is 2.33 bits per heavy atom. The van der Waals surface area contributed by atoms with Crippen molar-refractivity contribution in [1.29, 1.82) is 5.26 Å². The molecule has 1 heterocycles. The highest BCUT2D eigenvalue weighted by Gasteiger charge is 2.09. The standard InChI is InChI=1S/C21H18N4O2/c1-23(2)18-9-11-19(12-10-18)24-13-3-4-21(24)14-17(15-22)16-5-7-20(8-6-16)25(26)27/h3-14H,1-2H3/b17-14-. The van der Waals surface area contributed by atoms with Crippen LogP contribution in [0, 0.1) is 21.4 Å². The first-order chi connectivity index (χ1) is 13.0. The monoisotopic (exact) mass is 358 g/mol. The lowest BCUT2D eigenvalue weighted by Crippen LogP contribution is -2.08. The second-order valence-corrected chi connectivity index (χ2v) is 6.19. The molecule has 3 rings (SSSR count). The first-order valence-electron chi connectivity index (χ1n) is 8.31. The van der Waals surface area contributed by atoms with Gasteiger partial charge in [0.15, 0.2) is 0 Å². The van der Waals surface area contributed by atoms with Crippen molar-refractivity contribution in [1.82, 2.24) is 4.57 Å². The van der Waals surface area contributed by atoms with Crippen molar-refractivity contribution >= 4 is 23.0 Å². The molecule has 0 fully saturated rings. The van der Waals surface area contributed by atoms with Crippen molar-refractivity contribution in [2.24, 2.45) is 0 Å². The molecule has 27 heavy (non-hydrogen) atoms. The summed E-state index contributed by atoms with van der Waals surface area (Å²) in [5.74, 6) is 0. The third kappa shape index (κ3) is 3.88. The van der Waals surface area contributed by atoms with Crippen molar-refractivity contribution in [3.05, 3.63) is 88.2 Å². The minimum atomic E-state index is -0.456. The Hall–Kier alpha value is -3.85. The lowest BCUT2D eigenvalue weighted by molar-refractivity contribution is -0.384. The molecule has 0 saturated carbocycles. The van der Waals surface area contributed by atoms with Crippen LogP contribution in [0.4, 0.5) is 11.4 Å². The van der Waals surface area contributed by atoms with Gasteiger partial charge < -0.3 is 9.47 Å². The number of hydrogen-bond acceptors (Lipinski definition) is 4. The van der Waals surface area contributed by atoms with Gasteiger partial charge in [0.1, 0.15) is 0 Å². The van der Waals surface area contributed by atoms with E-state index in [9.17, 15) is 15.4 Å². The number of rotatable bonds is 5. The normalized spacial score (nSPS) is 11.1. The Kier molecular flexibility index (Phi) is 5.04. The van der Waals surface area contributed by atoms with Crippen molar-refractivity contribution in [3.63, 3.8) is 0 Å². The fourth-order valence-corrected chi connectivity index (χ4v) is 2.75. The number of nitro groups is 1. The van der Waals surface area contributed by atoms with Gasteiger partial charge in [-0.1, -0.05) is 0 Å². The summed E-state index contributed by atoms with van der Waals surface area (Å²) in [6.07, 6.45) is 3.71. The van der Waals surface area contributed by atoms with Crippen molar-refractivity contribution in [2.45, 2.75) is 0 Å². The first kappa shape index (κ1) is 18.0. The molecule has 3 aromatic rings. The summed E-state index contributed by atoms with van der Waals surface area (Å²) >= 11 is 0. The summed E-state index contributed by atoms with van der Waals surface area (Å²) in [7, 11) is 3.98. The van der Waals surface area contributed by atoms with Crippen molar-refractivity contribution in [2.75, 3.05) is 19.0 Å². The summed E-state index contributed by atoms with van der Waals surface area (Å²) < 4.78 is 1.99. The van der Waals surface area contributed by atoms with Crippen LogP contribution in [0.3, 0.4) is 0 Å². The van der Waals surface area contributed by atoms with Gasteiger partial charge in [-0.15, -0.1) is 0 Å². The molecule has 0 bridgehead atoms. The number of anilines is 1. The Morgan fingerprint density at radius 2 is 1.78 bits per heavy atom. The fourth-order valence-electron chi connectivity index (χ4n) is 2.75. The minimum absolute atomic E-state index is 0.000367. The van der Waals surface area contributed by atoms with Crippen LogP contribution in [0.1, 0.15) is 11.3 Å². The molecule has 0 unspecified atom stereocenters. The van der Waals surface area contributed by atoms with Gasteiger partial charge in [0.25, 0.3) is 5.69 Å².